The summed E-state index contributed by atoms with van der Waals surface area (Å²) < 4.78 is 4.95. The van der Waals surface area contributed by atoms with E-state index in [1.807, 2.05) is 65.1 Å². The number of rotatable bonds is 6. The minimum absolute atomic E-state index is 0.0597. The van der Waals surface area contributed by atoms with Crippen molar-refractivity contribution in [3.63, 3.8) is 0 Å². The molecule has 0 aliphatic rings. The summed E-state index contributed by atoms with van der Waals surface area (Å²) in [4.78, 5) is 12.4. The Morgan fingerprint density at radius 1 is 1.29 bits per heavy atom. The molecule has 0 unspecified atom stereocenters. The molecule has 3 aromatic rings. The van der Waals surface area contributed by atoms with Crippen molar-refractivity contribution in [3.8, 4) is 5.69 Å². The minimum atomic E-state index is -0.0597. The summed E-state index contributed by atoms with van der Waals surface area (Å²) in [6.45, 7) is 3.44. The molecule has 0 radical (unpaired) electrons. The van der Waals surface area contributed by atoms with Crippen molar-refractivity contribution in [2.75, 3.05) is 6.54 Å². The van der Waals surface area contributed by atoms with E-state index >= 15 is 0 Å². The van der Waals surface area contributed by atoms with Crippen LogP contribution >= 0.6 is 22.6 Å². The van der Waals surface area contributed by atoms with Crippen LogP contribution < -0.4 is 5.32 Å². The predicted molar refractivity (Wildman–Crippen MR) is 102 cm³/mol. The summed E-state index contributed by atoms with van der Waals surface area (Å²) in [5.41, 5.74) is 2.78. The molecule has 0 saturated heterocycles. The third-order valence-corrected chi connectivity index (χ3v) is 4.35. The molecule has 0 aliphatic carbocycles. The van der Waals surface area contributed by atoms with Gasteiger partial charge in [-0.2, -0.15) is 5.10 Å². The van der Waals surface area contributed by atoms with Gasteiger partial charge < -0.3 is 9.88 Å². The van der Waals surface area contributed by atoms with Gasteiger partial charge in [0.05, 0.1) is 6.20 Å². The van der Waals surface area contributed by atoms with Crippen LogP contribution in [0.15, 0.2) is 55.0 Å². The molecule has 5 nitrogen and oxygen atoms in total. The summed E-state index contributed by atoms with van der Waals surface area (Å²) >= 11 is 2.27. The maximum Gasteiger partial charge on any atom is 0.268 e. The molecule has 1 aromatic carbocycles. The first-order valence-corrected chi connectivity index (χ1v) is 8.92. The number of amides is 1. The van der Waals surface area contributed by atoms with Crippen LogP contribution in [0.2, 0.25) is 0 Å². The Bertz CT molecular complexity index is 837. The summed E-state index contributed by atoms with van der Waals surface area (Å²) in [6, 6.07) is 11.8. The number of halogens is 1. The Morgan fingerprint density at radius 2 is 2.17 bits per heavy atom. The molecule has 0 bridgehead atoms. The van der Waals surface area contributed by atoms with E-state index in [1.54, 1.807) is 0 Å². The molecule has 24 heavy (non-hydrogen) atoms. The Hall–Kier alpha value is -2.09. The fourth-order valence-corrected chi connectivity index (χ4v) is 3.07. The zero-order valence-electron chi connectivity index (χ0n) is 13.4. The average Bonchev–Trinajstić information content (AvgIpc) is 3.20. The number of nitrogens with zero attached hydrogens (tertiary/aromatic N) is 3. The van der Waals surface area contributed by atoms with Crippen LogP contribution in [-0.4, -0.2) is 26.8 Å². The molecule has 0 fully saturated rings. The van der Waals surface area contributed by atoms with Crippen LogP contribution in [-0.2, 0) is 6.54 Å². The molecule has 3 rings (SSSR count). The van der Waals surface area contributed by atoms with Gasteiger partial charge in [0.15, 0.2) is 0 Å². The van der Waals surface area contributed by atoms with Crippen molar-refractivity contribution in [3.05, 3.63) is 69.8 Å². The third kappa shape index (κ3) is 4.05. The second-order valence-electron chi connectivity index (χ2n) is 5.63. The van der Waals surface area contributed by atoms with E-state index < -0.39 is 0 Å². The topological polar surface area (TPSA) is 51.9 Å². The fraction of sp³-hybridized carbons (Fsp3) is 0.222. The lowest BCUT2D eigenvalue weighted by atomic mass is 10.3. The molecule has 124 valence electrons. The molecule has 0 atom stereocenters. The van der Waals surface area contributed by atoms with Crippen molar-refractivity contribution in [2.45, 2.75) is 19.9 Å². The number of aryl methyl sites for hydroxylation is 2. The molecular weight excluding hydrogens is 415 g/mol. The first kappa shape index (κ1) is 16.8. The quantitative estimate of drug-likeness (QED) is 0.478. The molecule has 2 heterocycles. The monoisotopic (exact) mass is 434 g/mol. The van der Waals surface area contributed by atoms with Gasteiger partial charge in [-0.3, -0.25) is 9.48 Å². The summed E-state index contributed by atoms with van der Waals surface area (Å²) in [7, 11) is 0. The van der Waals surface area contributed by atoms with Gasteiger partial charge in [-0.15, -0.1) is 0 Å². The van der Waals surface area contributed by atoms with Gasteiger partial charge >= 0.3 is 0 Å². The van der Waals surface area contributed by atoms with Gasteiger partial charge in [-0.05, 0) is 71.8 Å². The van der Waals surface area contributed by atoms with E-state index in [4.69, 9.17) is 0 Å². The highest BCUT2D eigenvalue weighted by Crippen LogP contribution is 2.15. The van der Waals surface area contributed by atoms with E-state index in [-0.39, 0.29) is 5.91 Å². The summed E-state index contributed by atoms with van der Waals surface area (Å²) in [6.07, 6.45) is 6.60. The highest BCUT2D eigenvalue weighted by atomic mass is 127. The summed E-state index contributed by atoms with van der Waals surface area (Å²) in [5, 5.41) is 7.23. The van der Waals surface area contributed by atoms with Gasteiger partial charge in [-0.1, -0.05) is 6.07 Å². The minimum Gasteiger partial charge on any atom is -0.351 e. The van der Waals surface area contributed by atoms with Crippen molar-refractivity contribution < 1.29 is 4.79 Å². The number of benzene rings is 1. The second-order valence-corrected chi connectivity index (χ2v) is 6.88. The lowest BCUT2D eigenvalue weighted by molar-refractivity contribution is 0.0946. The second kappa shape index (κ2) is 7.65. The lowest BCUT2D eigenvalue weighted by Gasteiger charge is -2.10. The van der Waals surface area contributed by atoms with E-state index in [0.717, 1.165) is 27.8 Å². The van der Waals surface area contributed by atoms with Crippen molar-refractivity contribution in [1.82, 2.24) is 19.7 Å². The van der Waals surface area contributed by atoms with Crippen LogP contribution in [0.4, 0.5) is 0 Å². The molecule has 1 N–H and O–H groups in total. The van der Waals surface area contributed by atoms with Crippen molar-refractivity contribution >= 4 is 28.5 Å². The van der Waals surface area contributed by atoms with Gasteiger partial charge in [0, 0.05) is 34.7 Å². The Morgan fingerprint density at radius 3 is 2.92 bits per heavy atom. The van der Waals surface area contributed by atoms with Gasteiger partial charge in [0.25, 0.3) is 5.91 Å². The molecule has 2 aromatic heterocycles. The number of carbonyl (C=O) groups is 1. The fourth-order valence-electron chi connectivity index (χ4n) is 2.54. The van der Waals surface area contributed by atoms with Gasteiger partial charge in [0.2, 0.25) is 0 Å². The first-order valence-electron chi connectivity index (χ1n) is 7.84. The summed E-state index contributed by atoms with van der Waals surface area (Å²) in [5.74, 6) is -0.0597. The number of hydrogen-bond donors (Lipinski definition) is 1. The number of carbonyl (C=O) groups excluding carboxylic acids is 1. The molecule has 0 saturated carbocycles. The molecule has 0 spiro atoms. The molecular formula is C18H19IN4O. The normalized spacial score (nSPS) is 10.8. The molecule has 6 heteroatoms. The Kier molecular flexibility index (Phi) is 5.34. The predicted octanol–water partition coefficient (Wildman–Crippen LogP) is 3.41. The van der Waals surface area contributed by atoms with Crippen LogP contribution in [0.5, 0.6) is 0 Å². The van der Waals surface area contributed by atoms with Crippen molar-refractivity contribution in [2.24, 2.45) is 0 Å². The van der Waals surface area contributed by atoms with Crippen molar-refractivity contribution in [1.29, 1.82) is 0 Å². The van der Waals surface area contributed by atoms with Crippen LogP contribution in [0.1, 0.15) is 22.5 Å². The third-order valence-electron chi connectivity index (χ3n) is 3.68. The average molecular weight is 434 g/mol. The Labute approximate surface area is 154 Å². The number of aromatic nitrogens is 3. The highest BCUT2D eigenvalue weighted by Gasteiger charge is 2.11. The Balaban J connectivity index is 1.59. The van der Waals surface area contributed by atoms with Crippen LogP contribution in [0.3, 0.4) is 0 Å². The van der Waals surface area contributed by atoms with Crippen LogP contribution in [0.25, 0.3) is 5.69 Å². The number of nitrogens with one attached hydrogen (secondary N) is 1. The zero-order chi connectivity index (χ0) is 16.9. The van der Waals surface area contributed by atoms with Gasteiger partial charge in [-0.25, -0.2) is 0 Å². The van der Waals surface area contributed by atoms with E-state index in [0.29, 0.717) is 12.2 Å². The molecule has 0 aliphatic heterocycles. The molecule has 1 amide bonds. The standard InChI is InChI=1S/C18H19IN4O/c1-14-12-21-22(13-14)9-4-8-20-18(24)17-7-3-10-23(17)16-6-2-5-15(19)11-16/h2-3,5-7,10-13H,4,8-9H2,1H3,(H,20,24). The van der Waals surface area contributed by atoms with E-state index in [1.165, 1.54) is 0 Å². The maximum atomic E-state index is 12.4. The first-order chi connectivity index (χ1) is 11.6. The number of hydrogen-bond acceptors (Lipinski definition) is 2. The SMILES string of the molecule is Cc1cnn(CCCNC(=O)c2cccn2-c2cccc(I)c2)c1. The highest BCUT2D eigenvalue weighted by molar-refractivity contribution is 14.1. The maximum absolute atomic E-state index is 12.4. The lowest BCUT2D eigenvalue weighted by Crippen LogP contribution is -2.27. The largest absolute Gasteiger partial charge is 0.351 e. The smallest absolute Gasteiger partial charge is 0.268 e. The van der Waals surface area contributed by atoms with E-state index in [2.05, 4.69) is 39.1 Å². The van der Waals surface area contributed by atoms with Crippen LogP contribution in [0, 0.1) is 10.5 Å². The zero-order valence-corrected chi connectivity index (χ0v) is 15.6. The van der Waals surface area contributed by atoms with Gasteiger partial charge in [0.1, 0.15) is 5.69 Å². The van der Waals surface area contributed by atoms with E-state index in [9.17, 15) is 4.79 Å².